The van der Waals surface area contributed by atoms with Crippen molar-refractivity contribution in [3.05, 3.63) is 62.5 Å². The van der Waals surface area contributed by atoms with Gasteiger partial charge in [-0.15, -0.1) is 26.6 Å². The molecular formula is C21H23ClN7OS2+. The first-order chi connectivity index (χ1) is 15.4. The molecule has 0 fully saturated rings. The molecule has 2 aromatic heterocycles. The zero-order chi connectivity index (χ0) is 22.4. The molecule has 4 heterocycles. The van der Waals surface area contributed by atoms with Crippen LogP contribution in [0.1, 0.15) is 51.7 Å². The summed E-state index contributed by atoms with van der Waals surface area (Å²) in [5.74, 6) is 1.47. The highest BCUT2D eigenvalue weighted by Gasteiger charge is 2.36. The number of thioether (sulfide) groups is 1. The number of hydrogen-bond donors (Lipinski definition) is 4. The Hall–Kier alpha value is -2.40. The van der Waals surface area contributed by atoms with E-state index >= 15 is 0 Å². The Morgan fingerprint density at radius 3 is 2.75 bits per heavy atom. The summed E-state index contributed by atoms with van der Waals surface area (Å²) in [5, 5.41) is 20.2. The Morgan fingerprint density at radius 1 is 1.25 bits per heavy atom. The van der Waals surface area contributed by atoms with Crippen molar-refractivity contribution in [2.45, 2.75) is 44.8 Å². The van der Waals surface area contributed by atoms with E-state index in [-0.39, 0.29) is 29.9 Å². The minimum absolute atomic E-state index is 0.0789. The predicted octanol–water partition coefficient (Wildman–Crippen LogP) is 1.79. The summed E-state index contributed by atoms with van der Waals surface area (Å²) >= 11 is 9.37. The van der Waals surface area contributed by atoms with Gasteiger partial charge >= 0.3 is 0 Å². The number of aromatic nitrogens is 3. The number of halogens is 1. The lowest BCUT2D eigenvalue weighted by atomic mass is 9.96. The zero-order valence-electron chi connectivity index (χ0n) is 17.8. The van der Waals surface area contributed by atoms with Crippen molar-refractivity contribution >= 4 is 46.2 Å². The smallest absolute Gasteiger partial charge is 0.228 e. The van der Waals surface area contributed by atoms with Crippen LogP contribution in [0.4, 0.5) is 0 Å². The third kappa shape index (κ3) is 3.81. The van der Waals surface area contributed by atoms with Gasteiger partial charge in [-0.2, -0.15) is 5.43 Å². The van der Waals surface area contributed by atoms with Gasteiger partial charge < -0.3 is 5.32 Å². The number of benzene rings is 1. The molecule has 1 amide bonds. The summed E-state index contributed by atoms with van der Waals surface area (Å²) in [5.41, 5.74) is 8.09. The maximum atomic E-state index is 12.9. The number of nitrogens with zero attached hydrogens (tertiary/aromatic N) is 3. The fourth-order valence-electron chi connectivity index (χ4n) is 4.12. The van der Waals surface area contributed by atoms with E-state index in [1.165, 1.54) is 27.8 Å². The van der Waals surface area contributed by atoms with Crippen LogP contribution in [0.5, 0.6) is 0 Å². The summed E-state index contributed by atoms with van der Waals surface area (Å²) < 4.78 is 2.10. The quantitative estimate of drug-likeness (QED) is 0.447. The fourth-order valence-corrected chi connectivity index (χ4v) is 6.11. The molecule has 2 aliphatic heterocycles. The molecule has 5 rings (SSSR count). The highest BCUT2D eigenvalue weighted by atomic mass is 35.5. The first-order valence-corrected chi connectivity index (χ1v) is 12.4. The summed E-state index contributed by atoms with van der Waals surface area (Å²) in [6.45, 7) is 6.23. The Bertz CT molecular complexity index is 1200. The molecule has 0 spiro atoms. The Morgan fingerprint density at radius 2 is 2.03 bits per heavy atom. The third-order valence-electron chi connectivity index (χ3n) is 5.80. The summed E-state index contributed by atoms with van der Waals surface area (Å²) in [4.78, 5) is 14.1. The molecule has 166 valence electrons. The monoisotopic (exact) mass is 488 g/mol. The number of thiophene rings is 1. The summed E-state index contributed by atoms with van der Waals surface area (Å²) in [6.07, 6.45) is 0.230. The number of carbonyl (C=O) groups is 1. The van der Waals surface area contributed by atoms with E-state index in [4.69, 9.17) is 11.6 Å². The van der Waals surface area contributed by atoms with Crippen LogP contribution in [0.3, 0.4) is 0 Å². The maximum absolute atomic E-state index is 12.9. The number of hydrogen-bond acceptors (Lipinski definition) is 7. The number of carbonyl (C=O) groups excluding carboxylic acids is 1. The van der Waals surface area contributed by atoms with Gasteiger partial charge in [-0.05, 0) is 55.8 Å². The normalized spacial score (nSPS) is 21.6. The van der Waals surface area contributed by atoms with E-state index in [0.29, 0.717) is 5.02 Å². The van der Waals surface area contributed by atoms with Gasteiger partial charge in [0.15, 0.2) is 5.82 Å². The van der Waals surface area contributed by atoms with Crippen LogP contribution in [0.25, 0.3) is 5.00 Å². The van der Waals surface area contributed by atoms with Crippen molar-refractivity contribution in [2.75, 3.05) is 0 Å². The van der Waals surface area contributed by atoms with Crippen LogP contribution in [0.15, 0.2) is 24.3 Å². The van der Waals surface area contributed by atoms with E-state index in [1.54, 1.807) is 16.9 Å². The largest absolute Gasteiger partial charge is 0.323 e. The predicted molar refractivity (Wildman–Crippen MR) is 127 cm³/mol. The molecule has 0 aliphatic carbocycles. The molecule has 1 unspecified atom stereocenters. The van der Waals surface area contributed by atoms with Crippen LogP contribution in [0.2, 0.25) is 5.02 Å². The molecule has 2 aliphatic rings. The number of hydrazone groups is 1. The third-order valence-corrected chi connectivity index (χ3v) is 8.02. The second-order valence-electron chi connectivity index (χ2n) is 7.84. The van der Waals surface area contributed by atoms with Gasteiger partial charge in [0.25, 0.3) is 0 Å². The van der Waals surface area contributed by atoms with Crippen molar-refractivity contribution in [3.8, 4) is 5.00 Å². The van der Waals surface area contributed by atoms with Crippen LogP contribution in [0, 0.1) is 20.8 Å². The number of fused-ring (bicyclic) bond motifs is 3. The highest BCUT2D eigenvalue weighted by Crippen LogP contribution is 2.43. The van der Waals surface area contributed by atoms with Crippen LogP contribution >= 0.6 is 34.7 Å². The lowest BCUT2D eigenvalue weighted by molar-refractivity contribution is -0.518. The molecular weight excluding hydrogens is 466 g/mol. The Labute approximate surface area is 198 Å². The van der Waals surface area contributed by atoms with Gasteiger partial charge in [-0.3, -0.25) is 14.7 Å². The average molecular weight is 489 g/mol. The second kappa shape index (κ2) is 8.51. The van der Waals surface area contributed by atoms with E-state index < -0.39 is 0 Å². The molecule has 0 bridgehead atoms. The van der Waals surface area contributed by atoms with E-state index in [2.05, 4.69) is 49.8 Å². The fraction of sp³-hybridized carbons (Fsp3) is 0.333. The van der Waals surface area contributed by atoms with Crippen molar-refractivity contribution in [3.63, 3.8) is 0 Å². The molecule has 0 saturated heterocycles. The molecule has 0 saturated carbocycles. The highest BCUT2D eigenvalue weighted by molar-refractivity contribution is 8.12. The number of aryl methyl sites for hydroxylation is 2. The first-order valence-electron chi connectivity index (χ1n) is 10.2. The van der Waals surface area contributed by atoms with Crippen molar-refractivity contribution < 1.29 is 9.90 Å². The van der Waals surface area contributed by atoms with Crippen molar-refractivity contribution in [2.24, 2.45) is 0 Å². The van der Waals surface area contributed by atoms with Gasteiger partial charge in [-0.25, -0.2) is 0 Å². The molecule has 4 N–H and O–H groups in total. The van der Waals surface area contributed by atoms with Crippen LogP contribution in [-0.4, -0.2) is 31.7 Å². The summed E-state index contributed by atoms with van der Waals surface area (Å²) in [7, 11) is 0. The van der Waals surface area contributed by atoms with Gasteiger partial charge in [0.2, 0.25) is 17.0 Å². The van der Waals surface area contributed by atoms with Crippen LogP contribution in [-0.2, 0) is 4.79 Å². The number of nitrogens with one attached hydrogen (secondary N) is 4. The molecule has 0 radical (unpaired) electrons. The van der Waals surface area contributed by atoms with E-state index in [9.17, 15) is 4.79 Å². The van der Waals surface area contributed by atoms with Crippen LogP contribution < -0.4 is 21.2 Å². The number of rotatable bonds is 4. The lowest BCUT2D eigenvalue weighted by Gasteiger charge is -2.24. The van der Waals surface area contributed by atoms with Crippen molar-refractivity contribution in [1.29, 1.82) is 0 Å². The molecule has 3 atom stereocenters. The topological polar surface area (TPSA) is 97.8 Å². The molecule has 1 aromatic carbocycles. The molecule has 8 nitrogen and oxygen atoms in total. The van der Waals surface area contributed by atoms with Gasteiger partial charge in [-0.1, -0.05) is 23.7 Å². The molecule has 3 aromatic rings. The minimum Gasteiger partial charge on any atom is -0.323 e. The Balaban J connectivity index is 1.57. The van der Waals surface area contributed by atoms with Gasteiger partial charge in [0, 0.05) is 21.9 Å². The minimum atomic E-state index is -0.320. The summed E-state index contributed by atoms with van der Waals surface area (Å²) in [6, 6.07) is 7.44. The van der Waals surface area contributed by atoms with Crippen molar-refractivity contribution in [1.82, 2.24) is 30.8 Å². The Kier molecular flexibility index (Phi) is 5.70. The number of amides is 1. The molecule has 11 heteroatoms. The van der Waals surface area contributed by atoms with E-state index in [0.717, 1.165) is 22.2 Å². The zero-order valence-corrected chi connectivity index (χ0v) is 20.2. The average Bonchev–Trinajstić information content (AvgIpc) is 3.45. The maximum Gasteiger partial charge on any atom is 0.228 e. The second-order valence-corrected chi connectivity index (χ2v) is 10.5. The van der Waals surface area contributed by atoms with Gasteiger partial charge in [0.05, 0.1) is 12.1 Å². The van der Waals surface area contributed by atoms with E-state index in [1.807, 2.05) is 31.2 Å². The standard InChI is InChI=1S/C21H22ClN7OS2/c1-10-11(2)32-20-17(10)18(13-4-6-14(22)7-5-13)24-15(19-27-26-12(3)29(19)20)8-16(30)25-21-28-23-9-31-21/h4-7,9,15,18,21,24,28H,8H2,1-3H3,(H,25,30)/p+1/t15-,18+,21?/m0/s1. The first kappa shape index (κ1) is 21.4. The van der Waals surface area contributed by atoms with Gasteiger partial charge in [0.1, 0.15) is 10.8 Å². The lowest BCUT2D eigenvalue weighted by Crippen LogP contribution is -2.79. The number of hydrazine groups is 1. The molecule has 32 heavy (non-hydrogen) atoms. The SMILES string of the molecule is Cc1sc2c(c1C)[C@@H](c1ccc(Cl)cc1)N[C@@H](CC(=O)NC1N[NH+]=CS1)c1nnc(C)n1-2.